The van der Waals surface area contributed by atoms with E-state index in [0.717, 1.165) is 25.1 Å². The van der Waals surface area contributed by atoms with Gasteiger partial charge in [0.15, 0.2) is 0 Å². The number of hydrogen-bond acceptors (Lipinski definition) is 3. The zero-order chi connectivity index (χ0) is 14.5. The maximum Gasteiger partial charge on any atom is 0.320 e. The Bertz CT molecular complexity index is 462. The van der Waals surface area contributed by atoms with E-state index in [1.54, 1.807) is 0 Å². The van der Waals surface area contributed by atoms with Gasteiger partial charge in [0.05, 0.1) is 0 Å². The van der Waals surface area contributed by atoms with Gasteiger partial charge in [0.2, 0.25) is 0 Å². The molecule has 0 saturated carbocycles. The molecule has 0 bridgehead atoms. The van der Waals surface area contributed by atoms with Gasteiger partial charge in [0.1, 0.15) is 6.04 Å². The molecule has 110 valence electrons. The largest absolute Gasteiger partial charge is 0.480 e. The molecule has 20 heavy (non-hydrogen) atoms. The molecule has 0 spiro atoms. The zero-order valence-electron chi connectivity index (χ0n) is 12.1. The number of carboxylic acids is 1. The highest BCUT2D eigenvalue weighted by Crippen LogP contribution is 2.30. The smallest absolute Gasteiger partial charge is 0.320 e. The van der Waals surface area contributed by atoms with Gasteiger partial charge in [-0.15, -0.1) is 0 Å². The Morgan fingerprint density at radius 1 is 1.40 bits per heavy atom. The molecule has 2 rings (SSSR count). The second-order valence-electron chi connectivity index (χ2n) is 5.78. The summed E-state index contributed by atoms with van der Waals surface area (Å²) in [5, 5.41) is 8.99. The SMILES string of the molecule is CN1CCCC(c2ccccc2CC(N)C(=O)O)CC1. The van der Waals surface area contributed by atoms with Crippen LogP contribution in [0.5, 0.6) is 0 Å². The predicted molar refractivity (Wildman–Crippen MR) is 79.8 cm³/mol. The van der Waals surface area contributed by atoms with Crippen molar-refractivity contribution in [2.24, 2.45) is 5.73 Å². The van der Waals surface area contributed by atoms with Crippen LogP contribution in [-0.4, -0.2) is 42.2 Å². The number of carboxylic acid groups (broad SMARTS) is 1. The Morgan fingerprint density at radius 3 is 2.90 bits per heavy atom. The number of carbonyl (C=O) groups is 1. The first-order chi connectivity index (χ1) is 9.58. The topological polar surface area (TPSA) is 66.6 Å². The lowest BCUT2D eigenvalue weighted by Crippen LogP contribution is -2.32. The molecule has 0 aromatic heterocycles. The summed E-state index contributed by atoms with van der Waals surface area (Å²) in [5.74, 6) is -0.405. The summed E-state index contributed by atoms with van der Waals surface area (Å²) in [5.41, 5.74) is 8.08. The van der Waals surface area contributed by atoms with E-state index in [4.69, 9.17) is 10.8 Å². The first kappa shape index (κ1) is 15.0. The number of nitrogens with zero attached hydrogens (tertiary/aromatic N) is 1. The molecule has 2 atom stereocenters. The summed E-state index contributed by atoms with van der Waals surface area (Å²) < 4.78 is 0. The lowest BCUT2D eigenvalue weighted by Gasteiger charge is -2.20. The van der Waals surface area contributed by atoms with Gasteiger partial charge in [-0.25, -0.2) is 0 Å². The van der Waals surface area contributed by atoms with Crippen molar-refractivity contribution in [3.05, 3.63) is 35.4 Å². The number of hydrogen-bond donors (Lipinski definition) is 2. The van der Waals surface area contributed by atoms with Crippen LogP contribution in [0.25, 0.3) is 0 Å². The summed E-state index contributed by atoms with van der Waals surface area (Å²) >= 11 is 0. The highest BCUT2D eigenvalue weighted by Gasteiger charge is 2.21. The molecule has 1 aliphatic rings. The van der Waals surface area contributed by atoms with Crippen LogP contribution < -0.4 is 5.73 Å². The first-order valence-electron chi connectivity index (χ1n) is 7.32. The van der Waals surface area contributed by atoms with Crippen molar-refractivity contribution in [1.82, 2.24) is 4.90 Å². The van der Waals surface area contributed by atoms with Crippen LogP contribution in [-0.2, 0) is 11.2 Å². The van der Waals surface area contributed by atoms with Gasteiger partial charge in [-0.05, 0) is 62.9 Å². The number of rotatable bonds is 4. The number of nitrogens with two attached hydrogens (primary N) is 1. The molecule has 1 heterocycles. The Hall–Kier alpha value is -1.39. The third kappa shape index (κ3) is 3.81. The molecule has 1 saturated heterocycles. The van der Waals surface area contributed by atoms with E-state index in [1.165, 1.54) is 18.4 Å². The molecule has 4 nitrogen and oxygen atoms in total. The van der Waals surface area contributed by atoms with E-state index in [2.05, 4.69) is 18.0 Å². The van der Waals surface area contributed by atoms with E-state index < -0.39 is 12.0 Å². The first-order valence-corrected chi connectivity index (χ1v) is 7.32. The average Bonchev–Trinajstić information content (AvgIpc) is 2.64. The summed E-state index contributed by atoms with van der Waals surface area (Å²) in [4.78, 5) is 13.3. The Labute approximate surface area is 120 Å². The van der Waals surface area contributed by atoms with E-state index in [0.29, 0.717) is 12.3 Å². The number of aliphatic carboxylic acids is 1. The van der Waals surface area contributed by atoms with Crippen molar-refractivity contribution in [3.8, 4) is 0 Å². The highest BCUT2D eigenvalue weighted by molar-refractivity contribution is 5.73. The molecule has 4 heteroatoms. The van der Waals surface area contributed by atoms with Crippen LogP contribution in [0, 0.1) is 0 Å². The average molecular weight is 276 g/mol. The van der Waals surface area contributed by atoms with E-state index in [-0.39, 0.29) is 0 Å². The van der Waals surface area contributed by atoms with Crippen LogP contribution in [0.4, 0.5) is 0 Å². The zero-order valence-corrected chi connectivity index (χ0v) is 12.1. The van der Waals surface area contributed by atoms with Gasteiger partial charge in [0.25, 0.3) is 0 Å². The Kier molecular flexibility index (Phi) is 5.15. The third-order valence-corrected chi connectivity index (χ3v) is 4.20. The molecule has 2 unspecified atom stereocenters. The molecule has 0 aliphatic carbocycles. The lowest BCUT2D eigenvalue weighted by molar-refractivity contribution is -0.138. The van der Waals surface area contributed by atoms with Crippen LogP contribution in [0.2, 0.25) is 0 Å². The quantitative estimate of drug-likeness (QED) is 0.880. The predicted octanol–water partition coefficient (Wildman–Crippen LogP) is 1.84. The number of likely N-dealkylation sites (tertiary alicyclic amines) is 1. The van der Waals surface area contributed by atoms with Crippen LogP contribution in [0.15, 0.2) is 24.3 Å². The van der Waals surface area contributed by atoms with Crippen molar-refractivity contribution in [2.75, 3.05) is 20.1 Å². The van der Waals surface area contributed by atoms with Crippen molar-refractivity contribution in [3.63, 3.8) is 0 Å². The van der Waals surface area contributed by atoms with Gasteiger partial charge in [-0.3, -0.25) is 4.79 Å². The minimum atomic E-state index is -0.930. The van der Waals surface area contributed by atoms with Gasteiger partial charge in [-0.1, -0.05) is 24.3 Å². The molecule has 3 N–H and O–H groups in total. The van der Waals surface area contributed by atoms with Gasteiger partial charge < -0.3 is 15.7 Å². The minimum Gasteiger partial charge on any atom is -0.480 e. The summed E-state index contributed by atoms with van der Waals surface area (Å²) in [6.07, 6.45) is 3.91. The summed E-state index contributed by atoms with van der Waals surface area (Å²) in [6.45, 7) is 2.25. The molecule has 0 radical (unpaired) electrons. The second-order valence-corrected chi connectivity index (χ2v) is 5.78. The van der Waals surface area contributed by atoms with E-state index in [9.17, 15) is 4.79 Å². The Morgan fingerprint density at radius 2 is 2.15 bits per heavy atom. The number of benzene rings is 1. The maximum atomic E-state index is 11.0. The third-order valence-electron chi connectivity index (χ3n) is 4.20. The normalized spacial score (nSPS) is 22.2. The van der Waals surface area contributed by atoms with Crippen molar-refractivity contribution in [2.45, 2.75) is 37.6 Å². The maximum absolute atomic E-state index is 11.0. The minimum absolute atomic E-state index is 0.415. The van der Waals surface area contributed by atoms with E-state index in [1.807, 2.05) is 18.2 Å². The van der Waals surface area contributed by atoms with E-state index >= 15 is 0 Å². The van der Waals surface area contributed by atoms with Crippen LogP contribution in [0.3, 0.4) is 0 Å². The monoisotopic (exact) mass is 276 g/mol. The summed E-state index contributed by atoms with van der Waals surface area (Å²) in [6, 6.07) is 7.35. The van der Waals surface area contributed by atoms with Crippen molar-refractivity contribution in [1.29, 1.82) is 0 Å². The standard InChI is InChI=1S/C16H24N2O2/c1-18-9-4-6-12(8-10-18)14-7-3-2-5-13(14)11-15(17)16(19)20/h2-3,5,7,12,15H,4,6,8-11,17H2,1H3,(H,19,20). The fourth-order valence-electron chi connectivity index (χ4n) is 2.99. The van der Waals surface area contributed by atoms with Gasteiger partial charge in [-0.2, -0.15) is 0 Å². The summed E-state index contributed by atoms with van der Waals surface area (Å²) in [7, 11) is 2.16. The molecular formula is C16H24N2O2. The Balaban J connectivity index is 2.16. The molecule has 0 amide bonds. The fourth-order valence-corrected chi connectivity index (χ4v) is 2.99. The van der Waals surface area contributed by atoms with Gasteiger partial charge >= 0.3 is 5.97 Å². The molecule has 1 aromatic rings. The molecule has 1 aliphatic heterocycles. The highest BCUT2D eigenvalue weighted by atomic mass is 16.4. The fraction of sp³-hybridized carbons (Fsp3) is 0.562. The molecule has 1 fully saturated rings. The molecular weight excluding hydrogens is 252 g/mol. The van der Waals surface area contributed by atoms with Gasteiger partial charge in [0, 0.05) is 0 Å². The molecule has 1 aromatic carbocycles. The van der Waals surface area contributed by atoms with Crippen molar-refractivity contribution < 1.29 is 9.90 Å². The van der Waals surface area contributed by atoms with Crippen LogP contribution in [0.1, 0.15) is 36.3 Å². The van der Waals surface area contributed by atoms with Crippen molar-refractivity contribution >= 4 is 5.97 Å². The second kappa shape index (κ2) is 6.86. The van der Waals surface area contributed by atoms with Crippen LogP contribution >= 0.6 is 0 Å². The lowest BCUT2D eigenvalue weighted by atomic mass is 9.86.